The Hall–Kier alpha value is -1.55. The van der Waals surface area contributed by atoms with E-state index in [2.05, 4.69) is 41.8 Å². The summed E-state index contributed by atoms with van der Waals surface area (Å²) in [4.78, 5) is 11.7. The predicted octanol–water partition coefficient (Wildman–Crippen LogP) is 4.42. The van der Waals surface area contributed by atoms with E-state index < -0.39 is 5.60 Å². The second-order valence-corrected chi connectivity index (χ2v) is 7.04. The quantitative estimate of drug-likeness (QED) is 0.745. The first kappa shape index (κ1) is 19.5. The van der Waals surface area contributed by atoms with Gasteiger partial charge in [0.05, 0.1) is 0 Å². The van der Waals surface area contributed by atoms with E-state index in [4.69, 9.17) is 4.74 Å². The standard InChI is InChI=1S/C19H32N2O2/c1-6-10-17(16-11-8-7-9-12-16)20-14-13-15(2)21-18(22)23-19(3,4)5/h7-9,11-12,15,17,20H,6,10,13-14H2,1-5H3,(H,21,22). The van der Waals surface area contributed by atoms with Crippen LogP contribution in [0.15, 0.2) is 30.3 Å². The molecule has 130 valence electrons. The van der Waals surface area contributed by atoms with Crippen LogP contribution in [-0.4, -0.2) is 24.3 Å². The van der Waals surface area contributed by atoms with Crippen LogP contribution in [0.25, 0.3) is 0 Å². The van der Waals surface area contributed by atoms with Gasteiger partial charge >= 0.3 is 6.09 Å². The smallest absolute Gasteiger partial charge is 0.407 e. The molecule has 2 unspecified atom stereocenters. The fourth-order valence-corrected chi connectivity index (χ4v) is 2.42. The van der Waals surface area contributed by atoms with Crippen LogP contribution in [0, 0.1) is 0 Å². The molecule has 2 N–H and O–H groups in total. The number of nitrogens with one attached hydrogen (secondary N) is 2. The van der Waals surface area contributed by atoms with E-state index >= 15 is 0 Å². The van der Waals surface area contributed by atoms with Gasteiger partial charge in [0.2, 0.25) is 0 Å². The largest absolute Gasteiger partial charge is 0.444 e. The minimum Gasteiger partial charge on any atom is -0.444 e. The minimum atomic E-state index is -0.457. The predicted molar refractivity (Wildman–Crippen MR) is 95.5 cm³/mol. The zero-order chi connectivity index (χ0) is 17.3. The fourth-order valence-electron chi connectivity index (χ4n) is 2.42. The van der Waals surface area contributed by atoms with Gasteiger partial charge in [-0.2, -0.15) is 0 Å². The van der Waals surface area contributed by atoms with Crippen molar-refractivity contribution in [3.63, 3.8) is 0 Å². The Kier molecular flexibility index (Phi) is 8.10. The highest BCUT2D eigenvalue weighted by Gasteiger charge is 2.17. The van der Waals surface area contributed by atoms with Crippen molar-refractivity contribution >= 4 is 6.09 Å². The number of alkyl carbamates (subject to hydrolysis) is 1. The van der Waals surface area contributed by atoms with Crippen molar-refractivity contribution in [2.45, 2.75) is 71.6 Å². The second kappa shape index (κ2) is 9.56. The molecule has 0 aromatic heterocycles. The number of hydrogen-bond donors (Lipinski definition) is 2. The zero-order valence-electron chi connectivity index (χ0n) is 15.2. The first-order chi connectivity index (χ1) is 10.8. The van der Waals surface area contributed by atoms with Gasteiger partial charge in [0.1, 0.15) is 5.60 Å². The number of rotatable bonds is 8. The van der Waals surface area contributed by atoms with Crippen LogP contribution >= 0.6 is 0 Å². The monoisotopic (exact) mass is 320 g/mol. The molecule has 0 aliphatic rings. The molecule has 0 saturated heterocycles. The molecule has 0 radical (unpaired) electrons. The van der Waals surface area contributed by atoms with Crippen molar-refractivity contribution in [2.24, 2.45) is 0 Å². The Balaban J connectivity index is 2.37. The third-order valence-corrected chi connectivity index (χ3v) is 3.51. The summed E-state index contributed by atoms with van der Waals surface area (Å²) < 4.78 is 5.27. The number of amides is 1. The topological polar surface area (TPSA) is 50.4 Å². The number of carbonyl (C=O) groups is 1. The third kappa shape index (κ3) is 8.60. The average Bonchev–Trinajstić information content (AvgIpc) is 2.45. The van der Waals surface area contributed by atoms with E-state index in [0.29, 0.717) is 6.04 Å². The summed E-state index contributed by atoms with van der Waals surface area (Å²) in [7, 11) is 0. The van der Waals surface area contributed by atoms with Crippen molar-refractivity contribution in [1.82, 2.24) is 10.6 Å². The number of carbonyl (C=O) groups excluding carboxylic acids is 1. The Labute approximate surface area is 141 Å². The van der Waals surface area contributed by atoms with Gasteiger partial charge in [-0.1, -0.05) is 43.7 Å². The molecule has 23 heavy (non-hydrogen) atoms. The van der Waals surface area contributed by atoms with Gasteiger partial charge in [0.15, 0.2) is 0 Å². The number of benzene rings is 1. The summed E-state index contributed by atoms with van der Waals surface area (Å²) in [5.74, 6) is 0. The van der Waals surface area contributed by atoms with Gasteiger partial charge in [-0.05, 0) is 52.6 Å². The molecule has 1 aromatic rings. The second-order valence-electron chi connectivity index (χ2n) is 7.04. The van der Waals surface area contributed by atoms with Crippen LogP contribution in [0.4, 0.5) is 4.79 Å². The Morgan fingerprint density at radius 2 is 1.83 bits per heavy atom. The highest BCUT2D eigenvalue weighted by molar-refractivity contribution is 5.67. The molecule has 0 bridgehead atoms. The summed E-state index contributed by atoms with van der Waals surface area (Å²) in [5.41, 5.74) is 0.865. The molecule has 0 spiro atoms. The molecule has 0 aliphatic carbocycles. The van der Waals surface area contributed by atoms with Crippen LogP contribution in [0.2, 0.25) is 0 Å². The van der Waals surface area contributed by atoms with Gasteiger partial charge in [0.25, 0.3) is 0 Å². The van der Waals surface area contributed by atoms with Crippen molar-refractivity contribution in [3.8, 4) is 0 Å². The number of hydrogen-bond acceptors (Lipinski definition) is 3. The van der Waals surface area contributed by atoms with Crippen molar-refractivity contribution in [2.75, 3.05) is 6.54 Å². The number of ether oxygens (including phenoxy) is 1. The molecule has 0 aliphatic heterocycles. The van der Waals surface area contributed by atoms with E-state index in [0.717, 1.165) is 25.8 Å². The van der Waals surface area contributed by atoms with Crippen molar-refractivity contribution in [1.29, 1.82) is 0 Å². The fraction of sp³-hybridized carbons (Fsp3) is 0.632. The highest BCUT2D eigenvalue weighted by atomic mass is 16.6. The first-order valence-electron chi connectivity index (χ1n) is 8.59. The Morgan fingerprint density at radius 3 is 2.39 bits per heavy atom. The lowest BCUT2D eigenvalue weighted by molar-refractivity contribution is 0.0506. The van der Waals surface area contributed by atoms with E-state index in [9.17, 15) is 4.79 Å². The molecule has 1 amide bonds. The third-order valence-electron chi connectivity index (χ3n) is 3.51. The SMILES string of the molecule is CCCC(NCCC(C)NC(=O)OC(C)(C)C)c1ccccc1. The van der Waals surface area contributed by atoms with Crippen molar-refractivity contribution in [3.05, 3.63) is 35.9 Å². The van der Waals surface area contributed by atoms with E-state index in [1.54, 1.807) is 0 Å². The molecular formula is C19H32N2O2. The summed E-state index contributed by atoms with van der Waals surface area (Å²) in [6, 6.07) is 11.0. The summed E-state index contributed by atoms with van der Waals surface area (Å²) >= 11 is 0. The lowest BCUT2D eigenvalue weighted by atomic mass is 10.0. The maximum atomic E-state index is 11.7. The molecule has 0 heterocycles. The van der Waals surface area contributed by atoms with Crippen LogP contribution in [0.5, 0.6) is 0 Å². The maximum Gasteiger partial charge on any atom is 0.407 e. The molecule has 4 heteroatoms. The molecule has 1 aromatic carbocycles. The lowest BCUT2D eigenvalue weighted by Crippen LogP contribution is -2.39. The lowest BCUT2D eigenvalue weighted by Gasteiger charge is -2.23. The van der Waals surface area contributed by atoms with Crippen LogP contribution in [-0.2, 0) is 4.74 Å². The summed E-state index contributed by atoms with van der Waals surface area (Å²) in [5, 5.41) is 6.48. The highest BCUT2D eigenvalue weighted by Crippen LogP contribution is 2.18. The van der Waals surface area contributed by atoms with Gasteiger partial charge < -0.3 is 15.4 Å². The van der Waals surface area contributed by atoms with Gasteiger partial charge in [-0.15, -0.1) is 0 Å². The van der Waals surface area contributed by atoms with Crippen LogP contribution < -0.4 is 10.6 Å². The summed E-state index contributed by atoms with van der Waals surface area (Å²) in [6.45, 7) is 10.7. The Bertz CT molecular complexity index is 454. The molecule has 4 nitrogen and oxygen atoms in total. The molecule has 1 rings (SSSR count). The van der Waals surface area contributed by atoms with Gasteiger partial charge in [-0.3, -0.25) is 0 Å². The Morgan fingerprint density at radius 1 is 1.17 bits per heavy atom. The van der Waals surface area contributed by atoms with Gasteiger partial charge in [0, 0.05) is 12.1 Å². The summed E-state index contributed by atoms with van der Waals surface area (Å²) in [6.07, 6.45) is 2.76. The van der Waals surface area contributed by atoms with E-state index in [1.165, 1.54) is 5.56 Å². The maximum absolute atomic E-state index is 11.7. The first-order valence-corrected chi connectivity index (χ1v) is 8.59. The van der Waals surface area contributed by atoms with Gasteiger partial charge in [-0.25, -0.2) is 4.79 Å². The zero-order valence-corrected chi connectivity index (χ0v) is 15.2. The minimum absolute atomic E-state index is 0.0791. The molecule has 0 saturated carbocycles. The van der Waals surface area contributed by atoms with Crippen molar-refractivity contribution < 1.29 is 9.53 Å². The van der Waals surface area contributed by atoms with E-state index in [1.807, 2.05) is 33.8 Å². The molecular weight excluding hydrogens is 288 g/mol. The molecule has 0 fully saturated rings. The van der Waals surface area contributed by atoms with Crippen LogP contribution in [0.1, 0.15) is 65.5 Å². The van der Waals surface area contributed by atoms with Crippen LogP contribution in [0.3, 0.4) is 0 Å². The average molecular weight is 320 g/mol. The normalized spacial score (nSPS) is 14.1. The van der Waals surface area contributed by atoms with E-state index in [-0.39, 0.29) is 12.1 Å². The molecule has 2 atom stereocenters.